The maximum absolute atomic E-state index is 11.2. The van der Waals surface area contributed by atoms with Gasteiger partial charge in [0, 0.05) is 43.1 Å². The second-order valence-electron chi connectivity index (χ2n) is 6.89. The number of carbonyl (C=O) groups is 1. The maximum Gasteiger partial charge on any atom is 0.314 e. The van der Waals surface area contributed by atoms with E-state index in [9.17, 15) is 4.79 Å². The van der Waals surface area contributed by atoms with Crippen molar-refractivity contribution in [2.75, 3.05) is 20.2 Å². The lowest BCUT2D eigenvalue weighted by Crippen LogP contribution is -2.44. The van der Waals surface area contributed by atoms with Gasteiger partial charge in [-0.3, -0.25) is 4.98 Å². The van der Waals surface area contributed by atoms with Gasteiger partial charge in [-0.05, 0) is 29.8 Å². The van der Waals surface area contributed by atoms with Crippen molar-refractivity contribution in [3.05, 3.63) is 54.7 Å². The number of urea groups is 1. The van der Waals surface area contributed by atoms with Gasteiger partial charge < -0.3 is 20.1 Å². The fourth-order valence-electron chi connectivity index (χ4n) is 3.64. The number of hydrogen-bond acceptors (Lipinski definition) is 4. The molecule has 0 aliphatic carbocycles. The first-order chi connectivity index (χ1) is 13.7. The first-order valence-corrected chi connectivity index (χ1v) is 9.39. The molecule has 4 rings (SSSR count). The number of likely N-dealkylation sites (tertiary alicyclic amines) is 1. The number of pyridine rings is 1. The molecule has 3 aromatic rings. The molecule has 2 amide bonds. The van der Waals surface area contributed by atoms with Gasteiger partial charge in [0.2, 0.25) is 0 Å². The molecule has 28 heavy (non-hydrogen) atoms. The number of carbonyl (C=O) groups excluding carboxylic acids is 1. The van der Waals surface area contributed by atoms with E-state index in [0.29, 0.717) is 13.1 Å². The Morgan fingerprint density at radius 2 is 1.82 bits per heavy atom. The van der Waals surface area contributed by atoms with Gasteiger partial charge in [-0.25, -0.2) is 4.79 Å². The zero-order valence-corrected chi connectivity index (χ0v) is 15.8. The zero-order chi connectivity index (χ0) is 19.5. The Hall–Kier alpha value is -3.28. The number of ether oxygens (including phenoxy) is 2. The van der Waals surface area contributed by atoms with Crippen LogP contribution in [0.25, 0.3) is 22.0 Å². The molecule has 0 unspecified atom stereocenters. The summed E-state index contributed by atoms with van der Waals surface area (Å²) >= 11 is 0. The zero-order valence-electron chi connectivity index (χ0n) is 15.8. The molecule has 0 atom stereocenters. The van der Waals surface area contributed by atoms with E-state index in [1.165, 1.54) is 0 Å². The van der Waals surface area contributed by atoms with Crippen molar-refractivity contribution in [2.24, 2.45) is 5.73 Å². The van der Waals surface area contributed by atoms with Gasteiger partial charge in [0.15, 0.2) is 0 Å². The number of benzene rings is 2. The number of fused-ring (bicyclic) bond motifs is 1. The van der Waals surface area contributed by atoms with E-state index >= 15 is 0 Å². The topological polar surface area (TPSA) is 77.7 Å². The SMILES string of the molecule is COc1c(-c2ccc(OC3CCN(C(N)=O)CC3)cc2)cnc2ccccc12. The van der Waals surface area contributed by atoms with Crippen LogP contribution in [0.2, 0.25) is 0 Å². The van der Waals surface area contributed by atoms with Crippen LogP contribution in [-0.2, 0) is 0 Å². The van der Waals surface area contributed by atoms with Gasteiger partial charge in [-0.1, -0.05) is 24.3 Å². The van der Waals surface area contributed by atoms with Crippen molar-refractivity contribution < 1.29 is 14.3 Å². The van der Waals surface area contributed by atoms with Crippen molar-refractivity contribution >= 4 is 16.9 Å². The van der Waals surface area contributed by atoms with Gasteiger partial charge >= 0.3 is 6.03 Å². The molecule has 2 N–H and O–H groups in total. The minimum absolute atomic E-state index is 0.0957. The van der Waals surface area contributed by atoms with Crippen LogP contribution in [0, 0.1) is 0 Å². The summed E-state index contributed by atoms with van der Waals surface area (Å²) in [6.45, 7) is 1.27. The van der Waals surface area contributed by atoms with Crippen LogP contribution in [0.15, 0.2) is 54.7 Å². The highest BCUT2D eigenvalue weighted by Crippen LogP contribution is 2.36. The number of amides is 2. The number of nitrogens with zero attached hydrogens (tertiary/aromatic N) is 2. The number of hydrogen-bond donors (Lipinski definition) is 1. The number of para-hydroxylation sites is 1. The molecule has 0 radical (unpaired) electrons. The van der Waals surface area contributed by atoms with E-state index in [1.807, 2.05) is 54.7 Å². The van der Waals surface area contributed by atoms with E-state index < -0.39 is 0 Å². The molecule has 6 heteroatoms. The highest BCUT2D eigenvalue weighted by Gasteiger charge is 2.22. The third kappa shape index (κ3) is 3.58. The second kappa shape index (κ2) is 7.76. The summed E-state index contributed by atoms with van der Waals surface area (Å²) in [7, 11) is 1.68. The van der Waals surface area contributed by atoms with E-state index in [0.717, 1.165) is 46.4 Å². The van der Waals surface area contributed by atoms with Crippen LogP contribution in [0.5, 0.6) is 11.5 Å². The van der Waals surface area contributed by atoms with Crippen molar-refractivity contribution in [1.82, 2.24) is 9.88 Å². The molecule has 1 aliphatic rings. The van der Waals surface area contributed by atoms with Gasteiger partial charge in [-0.15, -0.1) is 0 Å². The lowest BCUT2D eigenvalue weighted by atomic mass is 10.0. The number of nitrogens with two attached hydrogens (primary N) is 1. The van der Waals surface area contributed by atoms with Gasteiger partial charge in [0.1, 0.15) is 17.6 Å². The Balaban J connectivity index is 1.51. The number of aromatic nitrogens is 1. The molecule has 0 spiro atoms. The molecule has 6 nitrogen and oxygen atoms in total. The predicted octanol–water partition coefficient (Wildman–Crippen LogP) is 3.83. The van der Waals surface area contributed by atoms with Crippen molar-refractivity contribution in [1.29, 1.82) is 0 Å². The van der Waals surface area contributed by atoms with E-state index in [4.69, 9.17) is 15.2 Å². The summed E-state index contributed by atoms with van der Waals surface area (Å²) in [6, 6.07) is 15.5. The summed E-state index contributed by atoms with van der Waals surface area (Å²) in [5, 5.41) is 0.990. The number of primary amides is 1. The lowest BCUT2D eigenvalue weighted by Gasteiger charge is -2.31. The van der Waals surface area contributed by atoms with Crippen molar-refractivity contribution in [3.63, 3.8) is 0 Å². The molecule has 0 saturated carbocycles. The summed E-state index contributed by atoms with van der Waals surface area (Å²) in [4.78, 5) is 17.4. The first kappa shape index (κ1) is 18.1. The Bertz CT molecular complexity index is 980. The molecule has 2 aromatic carbocycles. The standard InChI is InChI=1S/C22H23N3O3/c1-27-21-18-4-2-3-5-20(18)24-14-19(21)15-6-8-16(9-7-15)28-17-10-12-25(13-11-17)22(23)26/h2-9,14,17H,10-13H2,1H3,(H2,23,26). The average Bonchev–Trinajstić information content (AvgIpc) is 2.74. The molecule has 1 aromatic heterocycles. The molecule has 2 heterocycles. The van der Waals surface area contributed by atoms with Crippen molar-refractivity contribution in [3.8, 4) is 22.6 Å². The Morgan fingerprint density at radius 1 is 1.11 bits per heavy atom. The predicted molar refractivity (Wildman–Crippen MR) is 109 cm³/mol. The van der Waals surface area contributed by atoms with Crippen LogP contribution in [-0.4, -0.2) is 42.2 Å². The molecule has 144 valence electrons. The minimum atomic E-state index is -0.360. The number of rotatable bonds is 4. The van der Waals surface area contributed by atoms with E-state index in [1.54, 1.807) is 12.0 Å². The Morgan fingerprint density at radius 3 is 2.50 bits per heavy atom. The summed E-state index contributed by atoms with van der Waals surface area (Å²) in [5.41, 5.74) is 8.20. The van der Waals surface area contributed by atoms with Crippen molar-refractivity contribution in [2.45, 2.75) is 18.9 Å². The summed E-state index contributed by atoms with van der Waals surface area (Å²) in [5.74, 6) is 1.63. The molecule has 1 saturated heterocycles. The summed E-state index contributed by atoms with van der Waals surface area (Å²) < 4.78 is 11.8. The van der Waals surface area contributed by atoms with E-state index in [-0.39, 0.29) is 12.1 Å². The first-order valence-electron chi connectivity index (χ1n) is 9.39. The Kier molecular flexibility index (Phi) is 5.02. The van der Waals surface area contributed by atoms with Crippen LogP contribution < -0.4 is 15.2 Å². The molecular formula is C22H23N3O3. The fourth-order valence-corrected chi connectivity index (χ4v) is 3.64. The minimum Gasteiger partial charge on any atom is -0.495 e. The number of piperidine rings is 1. The largest absolute Gasteiger partial charge is 0.495 e. The van der Waals surface area contributed by atoms with Gasteiger partial charge in [0.05, 0.1) is 12.6 Å². The molecule has 0 bridgehead atoms. The smallest absolute Gasteiger partial charge is 0.314 e. The third-order valence-electron chi connectivity index (χ3n) is 5.15. The molecule has 1 aliphatic heterocycles. The molecule has 1 fully saturated rings. The maximum atomic E-state index is 11.2. The molecular weight excluding hydrogens is 354 g/mol. The van der Waals surface area contributed by atoms with Crippen LogP contribution in [0.1, 0.15) is 12.8 Å². The number of methoxy groups -OCH3 is 1. The van der Waals surface area contributed by atoms with E-state index in [2.05, 4.69) is 4.98 Å². The average molecular weight is 377 g/mol. The van der Waals surface area contributed by atoms with Crippen LogP contribution in [0.3, 0.4) is 0 Å². The quantitative estimate of drug-likeness (QED) is 0.749. The lowest BCUT2D eigenvalue weighted by molar-refractivity contribution is 0.114. The van der Waals surface area contributed by atoms with Gasteiger partial charge in [-0.2, -0.15) is 0 Å². The normalized spacial score (nSPS) is 14.8. The van der Waals surface area contributed by atoms with Crippen LogP contribution >= 0.6 is 0 Å². The highest BCUT2D eigenvalue weighted by molar-refractivity contribution is 5.92. The van der Waals surface area contributed by atoms with Gasteiger partial charge in [0.25, 0.3) is 0 Å². The fraction of sp³-hybridized carbons (Fsp3) is 0.273. The Labute approximate surface area is 163 Å². The second-order valence-corrected chi connectivity index (χ2v) is 6.89. The highest BCUT2D eigenvalue weighted by atomic mass is 16.5. The monoisotopic (exact) mass is 377 g/mol. The third-order valence-corrected chi connectivity index (χ3v) is 5.15. The van der Waals surface area contributed by atoms with Crippen LogP contribution in [0.4, 0.5) is 4.79 Å². The summed E-state index contributed by atoms with van der Waals surface area (Å²) in [6.07, 6.45) is 3.51.